The lowest BCUT2D eigenvalue weighted by Gasteiger charge is -2.35. The fourth-order valence-corrected chi connectivity index (χ4v) is 6.00. The zero-order chi connectivity index (χ0) is 30.3. The number of benzene rings is 1. The van der Waals surface area contributed by atoms with Crippen molar-refractivity contribution in [3.63, 3.8) is 0 Å². The first kappa shape index (κ1) is 31.2. The number of hydrogen-bond acceptors (Lipinski definition) is 10. The van der Waals surface area contributed by atoms with Crippen LogP contribution in [0, 0.1) is 5.92 Å². The lowest BCUT2D eigenvalue weighted by Crippen LogP contribution is -2.48. The van der Waals surface area contributed by atoms with E-state index in [1.807, 2.05) is 24.3 Å². The number of amides is 1. The summed E-state index contributed by atoms with van der Waals surface area (Å²) in [5, 5.41) is 10.7. The van der Waals surface area contributed by atoms with Crippen LogP contribution in [0.5, 0.6) is 11.6 Å². The number of piperazine rings is 1. The van der Waals surface area contributed by atoms with E-state index in [0.717, 1.165) is 63.2 Å². The van der Waals surface area contributed by atoms with E-state index in [4.69, 9.17) is 43.4 Å². The number of aromatic nitrogens is 3. The van der Waals surface area contributed by atoms with E-state index in [2.05, 4.69) is 24.7 Å². The minimum Gasteiger partial charge on any atom is -0.449 e. The van der Waals surface area contributed by atoms with Crippen molar-refractivity contribution in [3.05, 3.63) is 58.3 Å². The maximum Gasteiger partial charge on any atom is 0.404 e. The van der Waals surface area contributed by atoms with Crippen molar-refractivity contribution in [2.45, 2.75) is 32.4 Å². The van der Waals surface area contributed by atoms with Crippen LogP contribution in [-0.2, 0) is 11.3 Å². The number of carbonyl (C=O) groups is 1. The molecule has 3 N–H and O–H groups in total. The first-order chi connectivity index (χ1) is 20.7. The third-order valence-corrected chi connectivity index (χ3v) is 8.05. The summed E-state index contributed by atoms with van der Waals surface area (Å²) < 4.78 is 11.2. The molecule has 3 aromatic rings. The zero-order valence-corrected chi connectivity index (χ0v) is 25.7. The Labute approximate surface area is 261 Å². The van der Waals surface area contributed by atoms with Crippen LogP contribution < -0.4 is 15.4 Å². The summed E-state index contributed by atoms with van der Waals surface area (Å²) in [6, 6.07) is 9.28. The molecule has 0 saturated carbocycles. The Bertz CT molecular complexity index is 1360. The van der Waals surface area contributed by atoms with Crippen molar-refractivity contribution >= 4 is 35.2 Å². The van der Waals surface area contributed by atoms with Gasteiger partial charge in [-0.2, -0.15) is 0 Å². The van der Waals surface area contributed by atoms with Crippen molar-refractivity contribution in [2.24, 2.45) is 11.7 Å². The van der Waals surface area contributed by atoms with Gasteiger partial charge in [-0.15, -0.1) is 0 Å². The highest BCUT2D eigenvalue weighted by atomic mass is 35.5. The number of pyridine rings is 1. The van der Waals surface area contributed by atoms with Gasteiger partial charge in [0.15, 0.2) is 5.75 Å². The first-order valence-electron chi connectivity index (χ1n) is 14.5. The number of hydrogen-bond donors (Lipinski definition) is 2. The van der Waals surface area contributed by atoms with E-state index in [1.54, 1.807) is 25.4 Å². The number of anilines is 1. The summed E-state index contributed by atoms with van der Waals surface area (Å²) >= 11 is 12.6. The molecule has 230 valence electrons. The van der Waals surface area contributed by atoms with Crippen molar-refractivity contribution in [1.82, 2.24) is 24.8 Å². The number of halogens is 2. The number of primary amides is 1. The average molecular weight is 631 g/mol. The van der Waals surface area contributed by atoms with Gasteiger partial charge in [-0.25, -0.2) is 19.7 Å². The molecule has 1 amide bonds. The molecular weight excluding hydrogens is 593 g/mol. The molecule has 2 aliphatic rings. The second-order valence-electron chi connectivity index (χ2n) is 11.2. The van der Waals surface area contributed by atoms with Crippen molar-refractivity contribution in [2.75, 3.05) is 57.3 Å². The third kappa shape index (κ3) is 9.14. The molecule has 2 aromatic heterocycles. The van der Waals surface area contributed by atoms with E-state index in [1.165, 1.54) is 0 Å². The topological polar surface area (TPSA) is 130 Å². The summed E-state index contributed by atoms with van der Waals surface area (Å²) in [7, 11) is 0. The quantitative estimate of drug-likeness (QED) is 0.332. The lowest BCUT2D eigenvalue weighted by molar-refractivity contribution is 0.1000. The number of nitrogens with zero attached hydrogens (tertiary/aromatic N) is 6. The van der Waals surface area contributed by atoms with Crippen LogP contribution in [0.1, 0.15) is 25.3 Å². The van der Waals surface area contributed by atoms with Gasteiger partial charge in [-0.1, -0.05) is 23.2 Å². The summed E-state index contributed by atoms with van der Waals surface area (Å²) in [6.07, 6.45) is 4.08. The second kappa shape index (κ2) is 14.5. The summed E-state index contributed by atoms with van der Waals surface area (Å²) in [4.78, 5) is 31.6. The highest BCUT2D eigenvalue weighted by Crippen LogP contribution is 2.31. The SMILES string of the molecule is C[C@@H](O)CN1CCN(c2ncc(Oc3cc(CN4CCC(COC(N)=O)CC4)cc(-c4cc(Cl)cc(Cl)c4)n3)cn2)CC1. The Morgan fingerprint density at radius 1 is 1.00 bits per heavy atom. The maximum absolute atomic E-state index is 11.0. The number of aliphatic hydroxyl groups excluding tert-OH is 1. The molecule has 0 bridgehead atoms. The van der Waals surface area contributed by atoms with Gasteiger partial charge < -0.3 is 25.2 Å². The van der Waals surface area contributed by atoms with Crippen LogP contribution in [-0.4, -0.2) is 94.5 Å². The molecular formula is C30H37Cl2N7O4. The van der Waals surface area contributed by atoms with Crippen LogP contribution >= 0.6 is 23.2 Å². The molecule has 1 atom stereocenters. The molecule has 0 aliphatic carbocycles. The van der Waals surface area contributed by atoms with E-state index in [0.29, 0.717) is 58.9 Å². The molecule has 5 rings (SSSR count). The molecule has 13 heteroatoms. The van der Waals surface area contributed by atoms with Crippen molar-refractivity contribution < 1.29 is 19.4 Å². The standard InChI is InChI=1S/C30H37Cl2N7O4/c1-20(40)17-38-6-8-39(9-7-38)30-34-15-26(16-35-30)43-28-11-22(10-27(36-28)23-12-24(31)14-25(32)13-23)18-37-4-2-21(3-5-37)19-42-29(33)41/h10-16,20-21,40H,2-9,17-19H2,1H3,(H2,33,41)/t20-/m1/s1. The maximum atomic E-state index is 11.0. The highest BCUT2D eigenvalue weighted by molar-refractivity contribution is 6.35. The van der Waals surface area contributed by atoms with Gasteiger partial charge in [0.25, 0.3) is 0 Å². The van der Waals surface area contributed by atoms with E-state index in [9.17, 15) is 9.90 Å². The average Bonchev–Trinajstić information content (AvgIpc) is 2.97. The van der Waals surface area contributed by atoms with Gasteiger partial charge in [0.2, 0.25) is 11.8 Å². The summed E-state index contributed by atoms with van der Waals surface area (Å²) in [6.45, 7) is 8.53. The van der Waals surface area contributed by atoms with Crippen LogP contribution in [0.4, 0.5) is 10.7 Å². The second-order valence-corrected chi connectivity index (χ2v) is 12.0. The highest BCUT2D eigenvalue weighted by Gasteiger charge is 2.22. The number of carbonyl (C=O) groups excluding carboxylic acids is 1. The van der Waals surface area contributed by atoms with Gasteiger partial charge in [0.1, 0.15) is 0 Å². The number of nitrogens with two attached hydrogens (primary N) is 1. The number of ether oxygens (including phenoxy) is 2. The fraction of sp³-hybridized carbons (Fsp3) is 0.467. The smallest absolute Gasteiger partial charge is 0.404 e. The Kier molecular flexibility index (Phi) is 10.5. The lowest BCUT2D eigenvalue weighted by atomic mass is 9.97. The van der Waals surface area contributed by atoms with Crippen molar-refractivity contribution in [3.8, 4) is 22.9 Å². The molecule has 0 unspecified atom stereocenters. The van der Waals surface area contributed by atoms with Crippen LogP contribution in [0.2, 0.25) is 10.0 Å². The minimum absolute atomic E-state index is 0.306. The minimum atomic E-state index is -0.729. The van der Waals surface area contributed by atoms with E-state index >= 15 is 0 Å². The number of rotatable bonds is 10. The predicted molar refractivity (Wildman–Crippen MR) is 166 cm³/mol. The van der Waals surface area contributed by atoms with E-state index < -0.39 is 6.09 Å². The zero-order valence-electron chi connectivity index (χ0n) is 24.2. The van der Waals surface area contributed by atoms with Gasteiger partial charge in [-0.05, 0) is 68.6 Å². The Morgan fingerprint density at radius 2 is 1.67 bits per heavy atom. The Balaban J connectivity index is 1.29. The third-order valence-electron chi connectivity index (χ3n) is 7.61. The number of β-amino-alcohol motifs (C(OH)–C–C–N with tert-alkyl or cyclic N) is 1. The first-order valence-corrected chi connectivity index (χ1v) is 15.2. The molecule has 0 radical (unpaired) electrons. The van der Waals surface area contributed by atoms with Gasteiger partial charge >= 0.3 is 6.09 Å². The molecule has 1 aromatic carbocycles. The number of aliphatic hydroxyl groups is 1. The molecule has 2 saturated heterocycles. The molecule has 2 fully saturated rings. The number of piperidine rings is 1. The molecule has 11 nitrogen and oxygen atoms in total. The normalized spacial score (nSPS) is 17.5. The van der Waals surface area contributed by atoms with Gasteiger partial charge in [0, 0.05) is 60.9 Å². The Morgan fingerprint density at radius 3 is 2.30 bits per heavy atom. The molecule has 4 heterocycles. The monoisotopic (exact) mass is 629 g/mol. The number of likely N-dealkylation sites (tertiary alicyclic amines) is 1. The summed E-state index contributed by atoms with van der Waals surface area (Å²) in [5.41, 5.74) is 7.62. The largest absolute Gasteiger partial charge is 0.449 e. The molecule has 43 heavy (non-hydrogen) atoms. The van der Waals surface area contributed by atoms with Crippen LogP contribution in [0.3, 0.4) is 0 Å². The molecule has 2 aliphatic heterocycles. The van der Waals surface area contributed by atoms with Gasteiger partial charge in [-0.3, -0.25) is 9.80 Å². The predicted octanol–water partition coefficient (Wildman–Crippen LogP) is 4.45. The van der Waals surface area contributed by atoms with Crippen molar-refractivity contribution in [1.29, 1.82) is 0 Å². The van der Waals surface area contributed by atoms with Crippen LogP contribution in [0.25, 0.3) is 11.3 Å². The summed E-state index contributed by atoms with van der Waals surface area (Å²) in [5.74, 6) is 1.84. The van der Waals surface area contributed by atoms with Gasteiger partial charge in [0.05, 0.1) is 30.8 Å². The van der Waals surface area contributed by atoms with E-state index in [-0.39, 0.29) is 6.10 Å². The van der Waals surface area contributed by atoms with Crippen LogP contribution in [0.15, 0.2) is 42.7 Å². The molecule has 0 spiro atoms. The fourth-order valence-electron chi connectivity index (χ4n) is 5.47. The Hall–Kier alpha value is -3.22.